The van der Waals surface area contributed by atoms with Crippen LogP contribution in [-0.4, -0.2) is 48.8 Å². The number of Topliss-reactive ketones (excluding diaryl/α,β-unsaturated/α-hetero) is 1. The summed E-state index contributed by atoms with van der Waals surface area (Å²) in [5.41, 5.74) is 5.30. The Morgan fingerprint density at radius 3 is 2.81 bits per heavy atom. The van der Waals surface area contributed by atoms with Gasteiger partial charge in [-0.05, 0) is 43.7 Å². The third-order valence-corrected chi connectivity index (χ3v) is 5.46. The van der Waals surface area contributed by atoms with E-state index in [1.165, 1.54) is 0 Å². The van der Waals surface area contributed by atoms with Gasteiger partial charge in [-0.3, -0.25) is 9.89 Å². The van der Waals surface area contributed by atoms with Gasteiger partial charge in [0.1, 0.15) is 6.54 Å². The Morgan fingerprint density at radius 2 is 2.00 bits per heavy atom. The van der Waals surface area contributed by atoms with Gasteiger partial charge in [-0.1, -0.05) is 6.07 Å². The molecule has 4 heterocycles. The second-order valence-corrected chi connectivity index (χ2v) is 7.90. The second kappa shape index (κ2) is 7.99. The lowest BCUT2D eigenvalue weighted by molar-refractivity contribution is -0.117. The number of fused-ring (bicyclic) bond motifs is 4. The lowest BCUT2D eigenvalue weighted by atomic mass is 10.1. The van der Waals surface area contributed by atoms with E-state index in [0.717, 1.165) is 39.0 Å². The molecule has 2 bridgehead atoms. The number of hydrogen-bond acceptors (Lipinski definition) is 6. The highest BCUT2D eigenvalue weighted by Crippen LogP contribution is 2.33. The highest BCUT2D eigenvalue weighted by atomic mass is 16.5. The highest BCUT2D eigenvalue weighted by molar-refractivity contribution is 5.93. The van der Waals surface area contributed by atoms with E-state index in [1.807, 2.05) is 44.5 Å². The van der Waals surface area contributed by atoms with Crippen molar-refractivity contribution >= 4 is 28.8 Å². The van der Waals surface area contributed by atoms with Crippen molar-refractivity contribution < 1.29 is 14.3 Å². The summed E-state index contributed by atoms with van der Waals surface area (Å²) in [6.45, 7) is 4.51. The average molecular weight is 432 g/mol. The van der Waals surface area contributed by atoms with Crippen LogP contribution in [0.25, 0.3) is 34.2 Å². The summed E-state index contributed by atoms with van der Waals surface area (Å²) in [4.78, 5) is 11.7. The molecular weight excluding hydrogens is 408 g/mol. The zero-order valence-corrected chi connectivity index (χ0v) is 18.3. The van der Waals surface area contributed by atoms with Crippen LogP contribution >= 0.6 is 0 Å². The predicted molar refractivity (Wildman–Crippen MR) is 120 cm³/mol. The van der Waals surface area contributed by atoms with Gasteiger partial charge < -0.3 is 9.47 Å². The molecule has 3 aromatic heterocycles. The van der Waals surface area contributed by atoms with Crippen LogP contribution in [0.15, 0.2) is 24.4 Å². The number of carbonyl (C=O) groups is 1. The van der Waals surface area contributed by atoms with E-state index in [1.54, 1.807) is 16.3 Å². The smallest absolute Gasteiger partial charge is 0.219 e. The van der Waals surface area contributed by atoms with Gasteiger partial charge in [0.05, 0.1) is 47.4 Å². The summed E-state index contributed by atoms with van der Waals surface area (Å²) < 4.78 is 15.5. The van der Waals surface area contributed by atoms with Crippen molar-refractivity contribution in [3.63, 3.8) is 0 Å². The van der Waals surface area contributed by atoms with E-state index in [9.17, 15) is 4.79 Å². The first-order valence-corrected chi connectivity index (χ1v) is 10.5. The van der Waals surface area contributed by atoms with Crippen LogP contribution < -0.4 is 9.47 Å². The number of ketones is 1. The standard InChI is InChI=1S/C23H24N6O3/c1-14(30)13-29-23-17(15(2)27-29)6-8-21-18-11-16(5-7-20(18)25-26-21)19-12-24-28(3)22(19)31-9-4-10-32-23/h5-8,11-12H,4,9-10,13H2,1-3H3,(H,25,26)/b8-6+. The number of ether oxygens (including phenoxy) is 2. The first-order chi connectivity index (χ1) is 15.5. The maximum absolute atomic E-state index is 11.7. The van der Waals surface area contributed by atoms with Crippen LogP contribution in [0.4, 0.5) is 0 Å². The first kappa shape index (κ1) is 20.0. The number of aromatic nitrogens is 6. The summed E-state index contributed by atoms with van der Waals surface area (Å²) in [7, 11) is 1.86. The van der Waals surface area contributed by atoms with Crippen LogP contribution in [0, 0.1) is 6.92 Å². The Morgan fingerprint density at radius 1 is 1.19 bits per heavy atom. The molecule has 0 saturated heterocycles. The molecule has 0 spiro atoms. The Bertz CT molecular complexity index is 1340. The zero-order chi connectivity index (χ0) is 22.2. The number of benzene rings is 1. The molecule has 9 heteroatoms. The molecule has 1 aliphatic rings. The van der Waals surface area contributed by atoms with Crippen molar-refractivity contribution in [2.75, 3.05) is 13.2 Å². The molecule has 0 saturated carbocycles. The topological polar surface area (TPSA) is 99.9 Å². The number of H-pyrrole nitrogens is 1. The highest BCUT2D eigenvalue weighted by Gasteiger charge is 2.18. The zero-order valence-electron chi connectivity index (χ0n) is 18.3. The summed E-state index contributed by atoms with van der Waals surface area (Å²) >= 11 is 0. The third kappa shape index (κ3) is 3.55. The fraction of sp³-hybridized carbons (Fsp3) is 0.304. The Balaban J connectivity index is 1.64. The van der Waals surface area contributed by atoms with Gasteiger partial charge in [-0.15, -0.1) is 0 Å². The van der Waals surface area contributed by atoms with Crippen molar-refractivity contribution in [3.05, 3.63) is 41.3 Å². The maximum atomic E-state index is 11.7. The molecule has 1 N–H and O–H groups in total. The van der Waals surface area contributed by atoms with Crippen molar-refractivity contribution in [2.24, 2.45) is 7.05 Å². The summed E-state index contributed by atoms with van der Waals surface area (Å²) in [6, 6.07) is 6.10. The number of aromatic amines is 1. The average Bonchev–Trinajstić information content (AvgIpc) is 3.41. The maximum Gasteiger partial charge on any atom is 0.219 e. The predicted octanol–water partition coefficient (Wildman–Crippen LogP) is 3.39. The Kier molecular flexibility index (Phi) is 5.01. The van der Waals surface area contributed by atoms with E-state index >= 15 is 0 Å². The summed E-state index contributed by atoms with van der Waals surface area (Å²) in [5, 5.41) is 17.4. The largest absolute Gasteiger partial charge is 0.477 e. The minimum absolute atomic E-state index is 0.0120. The normalized spacial score (nSPS) is 14.7. The van der Waals surface area contributed by atoms with Crippen LogP contribution in [-0.2, 0) is 18.4 Å². The van der Waals surface area contributed by atoms with E-state index < -0.39 is 0 Å². The minimum Gasteiger partial charge on any atom is -0.477 e. The van der Waals surface area contributed by atoms with E-state index in [0.29, 0.717) is 31.4 Å². The first-order valence-electron chi connectivity index (χ1n) is 10.5. The molecule has 1 aromatic carbocycles. The molecule has 4 aromatic rings. The van der Waals surface area contributed by atoms with Crippen LogP contribution in [0.2, 0.25) is 0 Å². The van der Waals surface area contributed by atoms with Gasteiger partial charge in [0.25, 0.3) is 0 Å². The fourth-order valence-corrected chi connectivity index (χ4v) is 3.92. The van der Waals surface area contributed by atoms with Gasteiger partial charge in [0.15, 0.2) is 5.78 Å². The monoisotopic (exact) mass is 432 g/mol. The van der Waals surface area contributed by atoms with Crippen molar-refractivity contribution in [1.82, 2.24) is 29.8 Å². The molecule has 0 aliphatic carbocycles. The van der Waals surface area contributed by atoms with Crippen LogP contribution in [0.3, 0.4) is 0 Å². The molecule has 0 radical (unpaired) electrons. The third-order valence-electron chi connectivity index (χ3n) is 5.46. The van der Waals surface area contributed by atoms with Crippen LogP contribution in [0.5, 0.6) is 11.8 Å². The quantitative estimate of drug-likeness (QED) is 0.521. The molecule has 32 heavy (non-hydrogen) atoms. The fourth-order valence-electron chi connectivity index (χ4n) is 3.92. The molecular formula is C23H24N6O3. The summed E-state index contributed by atoms with van der Waals surface area (Å²) in [5.74, 6) is 1.30. The van der Waals surface area contributed by atoms with Gasteiger partial charge in [-0.2, -0.15) is 15.3 Å². The SMILES string of the molecule is CC(=O)Cn1nc(C)c2c1OCCCOc1c(cnn1C)-c1ccc3n[nH]c(c3c1)/C=C/2. The molecule has 0 unspecified atom stereocenters. The number of carbonyl (C=O) groups excluding carboxylic acids is 1. The molecule has 9 nitrogen and oxygen atoms in total. The van der Waals surface area contributed by atoms with Crippen LogP contribution in [0.1, 0.15) is 30.3 Å². The molecule has 0 fully saturated rings. The molecule has 0 amide bonds. The van der Waals surface area contributed by atoms with Crippen molar-refractivity contribution in [1.29, 1.82) is 0 Å². The Labute approximate surface area is 184 Å². The molecule has 0 atom stereocenters. The number of rotatable bonds is 2. The number of nitrogens with one attached hydrogen (secondary N) is 1. The number of aryl methyl sites for hydroxylation is 2. The Hall–Kier alpha value is -3.88. The summed E-state index contributed by atoms with van der Waals surface area (Å²) in [6.07, 6.45) is 6.41. The molecule has 1 aliphatic heterocycles. The lowest BCUT2D eigenvalue weighted by Gasteiger charge is -2.11. The number of nitrogens with zero attached hydrogens (tertiary/aromatic N) is 5. The van der Waals surface area contributed by atoms with Crippen molar-refractivity contribution in [2.45, 2.75) is 26.8 Å². The van der Waals surface area contributed by atoms with E-state index in [4.69, 9.17) is 9.47 Å². The second-order valence-electron chi connectivity index (χ2n) is 7.90. The van der Waals surface area contributed by atoms with Gasteiger partial charge in [-0.25, -0.2) is 9.36 Å². The molecule has 164 valence electrons. The minimum atomic E-state index is 0.0120. The van der Waals surface area contributed by atoms with Crippen molar-refractivity contribution in [3.8, 4) is 22.9 Å². The van der Waals surface area contributed by atoms with Gasteiger partial charge in [0, 0.05) is 18.9 Å². The lowest BCUT2D eigenvalue weighted by Crippen LogP contribution is -2.13. The van der Waals surface area contributed by atoms with E-state index in [2.05, 4.69) is 26.5 Å². The molecule has 5 rings (SSSR count). The van der Waals surface area contributed by atoms with Gasteiger partial charge in [0.2, 0.25) is 11.8 Å². The number of hydrogen-bond donors (Lipinski definition) is 1. The van der Waals surface area contributed by atoms with Gasteiger partial charge >= 0.3 is 0 Å². The van der Waals surface area contributed by atoms with E-state index in [-0.39, 0.29) is 12.3 Å².